The van der Waals surface area contributed by atoms with Crippen molar-refractivity contribution in [3.63, 3.8) is 0 Å². The van der Waals surface area contributed by atoms with E-state index in [9.17, 15) is 63.0 Å². The summed E-state index contributed by atoms with van der Waals surface area (Å²) in [6.45, 7) is 5.86. The summed E-state index contributed by atoms with van der Waals surface area (Å²) in [6.07, 6.45) is 11.3. The zero-order valence-corrected chi connectivity index (χ0v) is 68.2. The summed E-state index contributed by atoms with van der Waals surface area (Å²) in [5, 5.41) is 34.1. The Bertz CT molecular complexity index is 2670. The molecule has 7 N–H and O–H groups in total. The average Bonchev–Trinajstić information content (AvgIpc) is 0.886. The lowest BCUT2D eigenvalue weighted by molar-refractivity contribution is -0.141. The van der Waals surface area contributed by atoms with Crippen molar-refractivity contribution in [2.75, 3.05) is 219 Å². The fraction of sp³-hybridized carbons (Fsp3) is 0.800. The molecule has 0 bridgehead atoms. The molecule has 1 heterocycles. The third kappa shape index (κ3) is 49.5. The predicted molar refractivity (Wildman–Crippen MR) is 417 cm³/mol. The van der Waals surface area contributed by atoms with Gasteiger partial charge in [-0.3, -0.25) is 48.6 Å². The van der Waals surface area contributed by atoms with Crippen LogP contribution in [0, 0.1) is 0 Å². The number of ether oxygens (including phenoxy) is 10. The van der Waals surface area contributed by atoms with Gasteiger partial charge in [-0.15, -0.1) is 23.5 Å². The number of nitrogens with zero attached hydrogens (tertiary/aromatic N) is 5. The lowest BCUT2D eigenvalue weighted by Gasteiger charge is -2.26. The van der Waals surface area contributed by atoms with E-state index in [1.54, 1.807) is 26.4 Å². The van der Waals surface area contributed by atoms with Crippen LogP contribution in [-0.2, 0) is 90.5 Å². The number of nitrogens with one attached hydrogen (secondary N) is 5. The molecular formula is C75H132N10O23S2. The predicted octanol–water partition coefficient (Wildman–Crippen LogP) is 3.38. The molecule has 632 valence electrons. The van der Waals surface area contributed by atoms with Gasteiger partial charge in [-0.05, 0) is 127 Å². The molecule has 0 aromatic rings. The quantitative estimate of drug-likeness (QED) is 0.0199. The van der Waals surface area contributed by atoms with E-state index in [4.69, 9.17) is 47.4 Å². The van der Waals surface area contributed by atoms with Crippen molar-refractivity contribution in [1.29, 1.82) is 0 Å². The highest BCUT2D eigenvalue weighted by molar-refractivity contribution is 8.00. The van der Waals surface area contributed by atoms with Crippen LogP contribution in [0.5, 0.6) is 0 Å². The zero-order chi connectivity index (χ0) is 80.8. The monoisotopic (exact) mass is 1600 g/mol. The van der Waals surface area contributed by atoms with Crippen molar-refractivity contribution >= 4 is 89.1 Å². The molecule has 0 aromatic carbocycles. The van der Waals surface area contributed by atoms with E-state index in [1.165, 1.54) is 59.5 Å². The summed E-state index contributed by atoms with van der Waals surface area (Å²) < 4.78 is 53.0. The second-order valence-corrected chi connectivity index (χ2v) is 29.5. The van der Waals surface area contributed by atoms with E-state index < -0.39 is 41.1 Å². The Morgan fingerprint density at radius 3 is 1.83 bits per heavy atom. The first kappa shape index (κ1) is 100. The smallest absolute Gasteiger partial charge is 0.412 e. The maximum atomic E-state index is 14.1. The summed E-state index contributed by atoms with van der Waals surface area (Å²) in [5.41, 5.74) is 0.837. The van der Waals surface area contributed by atoms with Crippen molar-refractivity contribution < 1.29 is 110 Å². The van der Waals surface area contributed by atoms with Crippen LogP contribution in [0.2, 0.25) is 0 Å². The van der Waals surface area contributed by atoms with Crippen molar-refractivity contribution in [3.8, 4) is 0 Å². The number of aliphatic hydroxyl groups excluding tert-OH is 2. The highest BCUT2D eigenvalue weighted by Gasteiger charge is 2.38. The standard InChI is InChI=1S/C75H132N10O23S2/c1-76-74(97)108-63(59-24-26-62(27-25-59)107-75(98)80-33-19-35-81(2)3)22-16-23-68(91)82(36-12-8-10-14-52-109-64(30-41-86)72(95)79-34-28-60(87)20-17-31-77-66(89)55-83(39-42-103-48-44-99-4)70(93)57-105-50-46-101-6)37-13-9-11-15-53-110-65-54-69(92)85(73(65)96)38-29-61(88)21-18-32-78-67(90)56-84(40-43-104-49-45-100-5)71(94)58-106-51-47-102-7/h24,26,41,61,63-66,77,88-89H,8-23,25,27-40,42-58H2,1-7H3,(H,76,97)(H,78,90)(H,79,95)(H,80,98). The second-order valence-electron chi connectivity index (χ2n) is 26.8. The number of imide groups is 1. The van der Waals surface area contributed by atoms with E-state index >= 15 is 0 Å². The number of carbonyl (C=O) groups is 11. The second kappa shape index (κ2) is 65.5. The van der Waals surface area contributed by atoms with Crippen LogP contribution in [0.1, 0.15) is 141 Å². The number of aldehydes is 1. The molecule has 2 rings (SSSR count). The summed E-state index contributed by atoms with van der Waals surface area (Å²) in [6, 6.07) is 0. The number of unbranched alkanes of at least 4 members (excludes halogenated alkanes) is 6. The first-order valence-electron chi connectivity index (χ1n) is 38.8. The van der Waals surface area contributed by atoms with Crippen LogP contribution in [0.25, 0.3) is 0 Å². The Hall–Kier alpha value is -5.93. The lowest BCUT2D eigenvalue weighted by atomic mass is 9.95. The van der Waals surface area contributed by atoms with Crippen molar-refractivity contribution in [2.24, 2.45) is 0 Å². The number of aliphatic hydroxyl groups is 2. The minimum Gasteiger partial charge on any atom is -0.442 e. The number of rotatable bonds is 71. The number of carbonyl (C=O) groups excluding carboxylic acids is 11. The Morgan fingerprint density at radius 1 is 0.591 bits per heavy atom. The number of hydrogen-bond acceptors (Lipinski definition) is 27. The molecule has 1 fully saturated rings. The number of hydrogen-bond donors (Lipinski definition) is 7. The van der Waals surface area contributed by atoms with Crippen LogP contribution in [-0.4, -0.2) is 348 Å². The number of allylic oxidation sites excluding steroid dienone is 3. The van der Waals surface area contributed by atoms with E-state index in [1.807, 2.05) is 23.9 Å². The molecule has 9 amide bonds. The largest absolute Gasteiger partial charge is 0.442 e. The molecule has 0 radical (unpaired) electrons. The van der Waals surface area contributed by atoms with Crippen molar-refractivity contribution in [2.45, 2.75) is 170 Å². The molecule has 0 saturated carbocycles. The van der Waals surface area contributed by atoms with Gasteiger partial charge in [0.15, 0.2) is 0 Å². The van der Waals surface area contributed by atoms with Gasteiger partial charge in [-0.2, -0.15) is 0 Å². The molecule has 1 saturated heterocycles. The molecule has 2 aliphatic rings. The molecule has 5 atom stereocenters. The zero-order valence-electron chi connectivity index (χ0n) is 66.6. The lowest BCUT2D eigenvalue weighted by Crippen LogP contribution is -2.46. The van der Waals surface area contributed by atoms with Gasteiger partial charge in [0.1, 0.15) is 43.4 Å². The van der Waals surface area contributed by atoms with Gasteiger partial charge < -0.3 is 103 Å². The minimum atomic E-state index is -1.07. The van der Waals surface area contributed by atoms with Crippen molar-refractivity contribution in [1.82, 2.24) is 51.1 Å². The van der Waals surface area contributed by atoms with Crippen LogP contribution >= 0.6 is 23.5 Å². The van der Waals surface area contributed by atoms with Gasteiger partial charge in [-0.25, -0.2) is 9.59 Å². The third-order valence-electron chi connectivity index (χ3n) is 17.6. The summed E-state index contributed by atoms with van der Waals surface area (Å²) in [7, 11) is 11.6. The SMILES string of the molecule is CNC(=O)OC(CCCC(=O)N(CCCCCCSC(CC=O)C(=O)NCCC(=O)CCCNC(O)CN(CCOCCOC)C(=O)COCCOC)CCCCCCSC1CC(=O)N(CCC(O)CCCNC(=O)CN(CCOCCOC)C(=O)COCCOC)C1=O)C1=CC=C(OC(=O)NCCCN(C)C)CC1. The van der Waals surface area contributed by atoms with Gasteiger partial charge in [0.2, 0.25) is 41.4 Å². The fourth-order valence-corrected chi connectivity index (χ4v) is 13.7. The topological polar surface area (TPSA) is 397 Å². The number of methoxy groups -OCH3 is 4. The van der Waals surface area contributed by atoms with Crippen LogP contribution < -0.4 is 26.6 Å². The highest BCUT2D eigenvalue weighted by Crippen LogP contribution is 2.29. The van der Waals surface area contributed by atoms with Gasteiger partial charge in [0.05, 0.1) is 95.8 Å². The molecule has 1 aliphatic heterocycles. The van der Waals surface area contributed by atoms with E-state index in [0.717, 1.165) is 69.9 Å². The third-order valence-corrected chi connectivity index (χ3v) is 20.3. The Labute approximate surface area is 660 Å². The summed E-state index contributed by atoms with van der Waals surface area (Å²) in [4.78, 5) is 150. The van der Waals surface area contributed by atoms with E-state index in [2.05, 4.69) is 26.6 Å². The van der Waals surface area contributed by atoms with Crippen molar-refractivity contribution in [3.05, 3.63) is 23.5 Å². The number of amides is 9. The highest BCUT2D eigenvalue weighted by atomic mass is 32.2. The number of Topliss-reactive ketones (excluding diaryl/α,β-unsaturated/α-hetero) is 1. The first-order valence-corrected chi connectivity index (χ1v) is 40.9. The Balaban J connectivity index is 1.92. The summed E-state index contributed by atoms with van der Waals surface area (Å²) >= 11 is 2.83. The van der Waals surface area contributed by atoms with E-state index in [-0.39, 0.29) is 171 Å². The molecule has 110 heavy (non-hydrogen) atoms. The normalized spacial score (nSPS) is 14.6. The van der Waals surface area contributed by atoms with Gasteiger partial charge >= 0.3 is 12.2 Å². The molecule has 33 nitrogen and oxygen atoms in total. The van der Waals surface area contributed by atoms with E-state index in [0.29, 0.717) is 134 Å². The molecule has 5 unspecified atom stereocenters. The number of thioether (sulfide) groups is 2. The molecule has 1 aliphatic carbocycles. The van der Waals surface area contributed by atoms with Crippen LogP contribution in [0.4, 0.5) is 9.59 Å². The van der Waals surface area contributed by atoms with Gasteiger partial charge in [0, 0.05) is 126 Å². The molecular weight excluding hydrogens is 1470 g/mol. The summed E-state index contributed by atoms with van der Waals surface area (Å²) in [5.74, 6) is -0.316. The Morgan fingerprint density at radius 2 is 1.21 bits per heavy atom. The van der Waals surface area contributed by atoms with Crippen LogP contribution in [0.15, 0.2) is 23.5 Å². The molecule has 35 heteroatoms. The maximum absolute atomic E-state index is 14.1. The molecule has 0 spiro atoms. The maximum Gasteiger partial charge on any atom is 0.412 e. The molecule has 0 aromatic heterocycles. The number of likely N-dealkylation sites (tertiary alicyclic amines) is 1. The first-order chi connectivity index (χ1) is 53.2. The number of alkyl carbamates (subject to hydrolysis) is 2. The minimum absolute atomic E-state index is 0.0126. The number of ketones is 1. The van der Waals surface area contributed by atoms with Gasteiger partial charge in [0.25, 0.3) is 0 Å². The Kier molecular flexibility index (Phi) is 59.6. The average molecular weight is 1610 g/mol. The van der Waals surface area contributed by atoms with Gasteiger partial charge in [-0.1, -0.05) is 31.8 Å². The fourth-order valence-electron chi connectivity index (χ4n) is 11.4. The van der Waals surface area contributed by atoms with Crippen LogP contribution in [0.3, 0.4) is 0 Å².